The van der Waals surface area contributed by atoms with E-state index in [0.717, 1.165) is 10.0 Å². The summed E-state index contributed by atoms with van der Waals surface area (Å²) < 4.78 is 5.57. The highest BCUT2D eigenvalue weighted by Crippen LogP contribution is 2.32. The number of carbonyl (C=O) groups is 1. The number of nitrogens with zero attached hydrogens (tertiary/aromatic N) is 1. The maximum Gasteiger partial charge on any atom is 0.313 e. The fourth-order valence-electron chi connectivity index (χ4n) is 1.41. The molecule has 88 valence electrons. The van der Waals surface area contributed by atoms with Crippen molar-refractivity contribution in [3.05, 3.63) is 28.5 Å². The molecule has 0 saturated heterocycles. The van der Waals surface area contributed by atoms with Crippen LogP contribution in [-0.4, -0.2) is 18.1 Å². The molecule has 1 heterocycles. The zero-order chi connectivity index (χ0) is 12.3. The molecule has 1 atom stereocenters. The van der Waals surface area contributed by atoms with Crippen molar-refractivity contribution >= 4 is 21.9 Å². The largest absolute Gasteiger partial charge is 0.469 e. The number of aromatic nitrogens is 1. The number of methoxy groups -OCH3 is 1. The lowest BCUT2D eigenvalue weighted by Crippen LogP contribution is -2.37. The summed E-state index contributed by atoms with van der Waals surface area (Å²) in [5.41, 5.74) is 6.07. The number of carbonyl (C=O) groups excluding carboxylic acids is 1. The second kappa shape index (κ2) is 4.93. The van der Waals surface area contributed by atoms with Gasteiger partial charge in [0.25, 0.3) is 0 Å². The smallest absolute Gasteiger partial charge is 0.313 e. The Labute approximate surface area is 103 Å². The SMILES string of the molecule is COC(=O)C(C)(C)[C@H](N)c1cncc(Br)c1. The fraction of sp³-hybridized carbons (Fsp3) is 0.455. The van der Waals surface area contributed by atoms with Crippen LogP contribution >= 0.6 is 15.9 Å². The lowest BCUT2D eigenvalue weighted by molar-refractivity contribution is -0.152. The molecule has 0 radical (unpaired) electrons. The average molecular weight is 287 g/mol. The number of nitrogens with two attached hydrogens (primary N) is 1. The standard InChI is InChI=1S/C11H15BrN2O2/c1-11(2,10(15)16-3)9(13)7-4-8(12)6-14-5-7/h4-6,9H,13H2,1-3H3/t9-/m1/s1. The van der Waals surface area contributed by atoms with Crippen molar-refractivity contribution in [1.29, 1.82) is 0 Å². The van der Waals surface area contributed by atoms with Gasteiger partial charge < -0.3 is 10.5 Å². The first-order valence-electron chi connectivity index (χ1n) is 4.84. The Bertz CT molecular complexity index is 393. The molecule has 0 aromatic carbocycles. The van der Waals surface area contributed by atoms with Crippen LogP contribution in [0, 0.1) is 5.41 Å². The summed E-state index contributed by atoms with van der Waals surface area (Å²) in [7, 11) is 1.36. The molecule has 0 unspecified atom stereocenters. The topological polar surface area (TPSA) is 65.2 Å². The average Bonchev–Trinajstić information content (AvgIpc) is 2.26. The first-order valence-corrected chi connectivity index (χ1v) is 5.63. The van der Waals surface area contributed by atoms with Crippen molar-refractivity contribution in [2.75, 3.05) is 7.11 Å². The monoisotopic (exact) mass is 286 g/mol. The van der Waals surface area contributed by atoms with Gasteiger partial charge in [-0.1, -0.05) is 0 Å². The third-order valence-corrected chi connectivity index (χ3v) is 3.01. The Hall–Kier alpha value is -0.940. The van der Waals surface area contributed by atoms with Crippen LogP contribution in [0.25, 0.3) is 0 Å². The number of pyridine rings is 1. The van der Waals surface area contributed by atoms with E-state index in [1.165, 1.54) is 7.11 Å². The molecule has 2 N–H and O–H groups in total. The summed E-state index contributed by atoms with van der Waals surface area (Å²) in [5.74, 6) is -0.333. The third kappa shape index (κ3) is 2.59. The summed E-state index contributed by atoms with van der Waals surface area (Å²) in [6, 6.07) is 1.40. The lowest BCUT2D eigenvalue weighted by Gasteiger charge is -2.28. The fourth-order valence-corrected chi connectivity index (χ4v) is 1.79. The molecular formula is C11H15BrN2O2. The van der Waals surface area contributed by atoms with E-state index < -0.39 is 11.5 Å². The van der Waals surface area contributed by atoms with Crippen molar-refractivity contribution in [3.8, 4) is 0 Å². The van der Waals surface area contributed by atoms with Crippen LogP contribution in [0.1, 0.15) is 25.5 Å². The van der Waals surface area contributed by atoms with Crippen LogP contribution in [0.5, 0.6) is 0 Å². The van der Waals surface area contributed by atoms with Crippen molar-refractivity contribution in [2.24, 2.45) is 11.1 Å². The first kappa shape index (κ1) is 13.1. The molecule has 5 heteroatoms. The van der Waals surface area contributed by atoms with Gasteiger partial charge in [-0.3, -0.25) is 9.78 Å². The summed E-state index contributed by atoms with van der Waals surface area (Å²) >= 11 is 3.32. The second-order valence-corrected chi connectivity index (χ2v) is 5.04. The highest BCUT2D eigenvalue weighted by atomic mass is 79.9. The van der Waals surface area contributed by atoms with Crippen LogP contribution in [0.4, 0.5) is 0 Å². The van der Waals surface area contributed by atoms with E-state index in [2.05, 4.69) is 20.9 Å². The molecule has 4 nitrogen and oxygen atoms in total. The Morgan fingerprint density at radius 3 is 2.69 bits per heavy atom. The van der Waals surface area contributed by atoms with Crippen LogP contribution in [-0.2, 0) is 9.53 Å². The normalized spacial score (nSPS) is 13.3. The van der Waals surface area contributed by atoms with E-state index in [0.29, 0.717) is 0 Å². The second-order valence-electron chi connectivity index (χ2n) is 4.13. The molecule has 0 spiro atoms. The highest BCUT2D eigenvalue weighted by Gasteiger charge is 2.36. The van der Waals surface area contributed by atoms with Gasteiger partial charge in [0.15, 0.2) is 0 Å². The van der Waals surface area contributed by atoms with E-state index >= 15 is 0 Å². The molecule has 16 heavy (non-hydrogen) atoms. The van der Waals surface area contributed by atoms with Gasteiger partial charge in [0.05, 0.1) is 12.5 Å². The van der Waals surface area contributed by atoms with Gasteiger partial charge in [-0.2, -0.15) is 0 Å². The maximum absolute atomic E-state index is 11.6. The molecule has 0 aliphatic carbocycles. The molecule has 0 aliphatic heterocycles. The van der Waals surface area contributed by atoms with E-state index in [1.54, 1.807) is 26.2 Å². The molecule has 1 aromatic rings. The lowest BCUT2D eigenvalue weighted by atomic mass is 9.81. The van der Waals surface area contributed by atoms with Gasteiger partial charge in [0.2, 0.25) is 0 Å². The van der Waals surface area contributed by atoms with Crippen LogP contribution in [0.3, 0.4) is 0 Å². The van der Waals surface area contributed by atoms with E-state index in [9.17, 15) is 4.79 Å². The summed E-state index contributed by atoms with van der Waals surface area (Å²) in [6.45, 7) is 3.51. The molecular weight excluding hydrogens is 272 g/mol. The van der Waals surface area contributed by atoms with Gasteiger partial charge in [-0.25, -0.2) is 0 Å². The number of ether oxygens (including phenoxy) is 1. The van der Waals surface area contributed by atoms with Gasteiger partial charge in [0.1, 0.15) is 0 Å². The van der Waals surface area contributed by atoms with E-state index in [-0.39, 0.29) is 5.97 Å². The molecule has 0 fully saturated rings. The number of rotatable bonds is 3. The van der Waals surface area contributed by atoms with E-state index in [4.69, 9.17) is 10.5 Å². The Kier molecular flexibility index (Phi) is 4.04. The molecule has 1 aromatic heterocycles. The van der Waals surface area contributed by atoms with Gasteiger partial charge >= 0.3 is 5.97 Å². The van der Waals surface area contributed by atoms with Crippen LogP contribution in [0.2, 0.25) is 0 Å². The number of halogens is 1. The Morgan fingerprint density at radius 2 is 2.19 bits per heavy atom. The van der Waals surface area contributed by atoms with Gasteiger partial charge in [-0.05, 0) is 41.4 Å². The van der Waals surface area contributed by atoms with Crippen molar-refractivity contribution in [1.82, 2.24) is 4.98 Å². The number of hydrogen-bond donors (Lipinski definition) is 1. The highest BCUT2D eigenvalue weighted by molar-refractivity contribution is 9.10. The molecule has 0 aliphatic rings. The minimum Gasteiger partial charge on any atom is -0.469 e. The predicted octanol–water partition coefficient (Wildman–Crippen LogP) is 2.04. The van der Waals surface area contributed by atoms with Gasteiger partial charge in [-0.15, -0.1) is 0 Å². The zero-order valence-electron chi connectivity index (χ0n) is 9.53. The van der Waals surface area contributed by atoms with Crippen molar-refractivity contribution in [2.45, 2.75) is 19.9 Å². The molecule has 0 bridgehead atoms. The van der Waals surface area contributed by atoms with Crippen LogP contribution in [0.15, 0.2) is 22.9 Å². The van der Waals surface area contributed by atoms with Crippen molar-refractivity contribution < 1.29 is 9.53 Å². The van der Waals surface area contributed by atoms with Crippen molar-refractivity contribution in [3.63, 3.8) is 0 Å². The summed E-state index contributed by atoms with van der Waals surface area (Å²) in [6.07, 6.45) is 3.32. The number of esters is 1. The minimum absolute atomic E-state index is 0.333. The molecule has 0 saturated carbocycles. The summed E-state index contributed by atoms with van der Waals surface area (Å²) in [5, 5.41) is 0. The van der Waals surface area contributed by atoms with Gasteiger partial charge in [0, 0.05) is 22.9 Å². The Balaban J connectivity index is 3.01. The minimum atomic E-state index is -0.781. The summed E-state index contributed by atoms with van der Waals surface area (Å²) in [4.78, 5) is 15.6. The quantitative estimate of drug-likeness (QED) is 0.864. The van der Waals surface area contributed by atoms with E-state index in [1.807, 2.05) is 6.07 Å². The first-order chi connectivity index (χ1) is 7.39. The maximum atomic E-state index is 11.6. The molecule has 1 rings (SSSR count). The predicted molar refractivity (Wildman–Crippen MR) is 64.7 cm³/mol. The Morgan fingerprint density at radius 1 is 1.56 bits per heavy atom. The number of hydrogen-bond acceptors (Lipinski definition) is 4. The zero-order valence-corrected chi connectivity index (χ0v) is 11.1. The third-order valence-electron chi connectivity index (χ3n) is 2.57. The van der Waals surface area contributed by atoms with Crippen LogP contribution < -0.4 is 5.73 Å². The molecule has 0 amide bonds.